The number of halogens is 1. The zero-order valence-corrected chi connectivity index (χ0v) is 18.1. The highest BCUT2D eigenvalue weighted by molar-refractivity contribution is 5.97. The van der Waals surface area contributed by atoms with Crippen molar-refractivity contribution in [3.63, 3.8) is 0 Å². The predicted molar refractivity (Wildman–Crippen MR) is 119 cm³/mol. The van der Waals surface area contributed by atoms with Crippen molar-refractivity contribution in [2.24, 2.45) is 5.92 Å². The summed E-state index contributed by atoms with van der Waals surface area (Å²) in [5, 5.41) is 10.4. The molecule has 4 aromatic rings. The van der Waals surface area contributed by atoms with Crippen molar-refractivity contribution in [2.45, 2.75) is 45.1 Å². The molecule has 2 N–H and O–H groups in total. The maximum absolute atomic E-state index is 15.6. The maximum atomic E-state index is 15.6. The molecule has 0 spiro atoms. The van der Waals surface area contributed by atoms with E-state index in [-0.39, 0.29) is 11.9 Å². The van der Waals surface area contributed by atoms with Gasteiger partial charge in [-0.2, -0.15) is 5.10 Å². The van der Waals surface area contributed by atoms with Crippen molar-refractivity contribution >= 4 is 28.8 Å². The van der Waals surface area contributed by atoms with Gasteiger partial charge in [0, 0.05) is 29.8 Å². The molecule has 0 bridgehead atoms. The number of nitrogens with one attached hydrogen (secondary N) is 2. The van der Waals surface area contributed by atoms with E-state index in [4.69, 9.17) is 4.74 Å². The number of hydrogen-bond acceptors (Lipinski definition) is 5. The van der Waals surface area contributed by atoms with Crippen molar-refractivity contribution in [3.05, 3.63) is 41.7 Å². The van der Waals surface area contributed by atoms with Gasteiger partial charge < -0.3 is 14.5 Å². The van der Waals surface area contributed by atoms with Gasteiger partial charge in [0.25, 0.3) is 0 Å². The Balaban J connectivity index is 0.000000666. The zero-order valence-electron chi connectivity index (χ0n) is 18.1. The summed E-state index contributed by atoms with van der Waals surface area (Å²) in [6.07, 6.45) is 13.6. The summed E-state index contributed by atoms with van der Waals surface area (Å²) < 4.78 is 23.0. The van der Waals surface area contributed by atoms with Gasteiger partial charge in [-0.05, 0) is 31.2 Å². The third kappa shape index (κ3) is 3.73. The van der Waals surface area contributed by atoms with E-state index in [1.807, 2.05) is 0 Å². The zero-order chi connectivity index (χ0) is 22.2. The molecular weight excluding hydrogens is 411 g/mol. The van der Waals surface area contributed by atoms with Crippen LogP contribution in [0.5, 0.6) is 0 Å². The smallest absolute Gasteiger partial charge is 0.212 e. The molecular formula is C23H25FN6O2. The molecule has 3 aromatic heterocycles. The second-order valence-corrected chi connectivity index (χ2v) is 8.37. The highest BCUT2D eigenvalue weighted by Crippen LogP contribution is 2.47. The van der Waals surface area contributed by atoms with Crippen molar-refractivity contribution in [3.8, 4) is 11.3 Å². The number of carbonyl (C=O) groups is 1. The Morgan fingerprint density at radius 3 is 2.72 bits per heavy atom. The van der Waals surface area contributed by atoms with Gasteiger partial charge in [0.15, 0.2) is 11.5 Å². The SMILES string of the molecule is C1CC1.COC(c1c(F)c(C)c(-c2cn3cc(NC=O)nc3cn2)c2cn[nH]c12)C1CC1. The highest BCUT2D eigenvalue weighted by atomic mass is 19.1. The third-order valence-corrected chi connectivity index (χ3v) is 5.87. The molecule has 1 amide bonds. The number of ether oxygens (including phenoxy) is 1. The molecule has 2 saturated carbocycles. The van der Waals surface area contributed by atoms with E-state index in [0.29, 0.717) is 51.7 Å². The first kappa shape index (κ1) is 20.6. The van der Waals surface area contributed by atoms with E-state index in [0.717, 1.165) is 18.2 Å². The first-order valence-electron chi connectivity index (χ1n) is 10.9. The van der Waals surface area contributed by atoms with Crippen molar-refractivity contribution in [2.75, 3.05) is 12.4 Å². The number of hydrogen-bond donors (Lipinski definition) is 2. The minimum Gasteiger partial charge on any atom is -0.376 e. The highest BCUT2D eigenvalue weighted by Gasteiger charge is 2.37. The first-order chi connectivity index (χ1) is 15.6. The fourth-order valence-corrected chi connectivity index (χ4v) is 4.00. The topological polar surface area (TPSA) is 97.2 Å². The average molecular weight is 436 g/mol. The number of fused-ring (bicyclic) bond motifs is 2. The molecule has 0 radical (unpaired) electrons. The number of amides is 1. The minimum atomic E-state index is -0.300. The number of methoxy groups -OCH3 is 1. The average Bonchev–Trinajstić information content (AvgIpc) is 3.73. The molecule has 2 aliphatic rings. The number of rotatable bonds is 6. The number of aromatic nitrogens is 5. The lowest BCUT2D eigenvalue weighted by molar-refractivity contribution is -0.105. The largest absolute Gasteiger partial charge is 0.376 e. The van der Waals surface area contributed by atoms with Crippen molar-refractivity contribution in [1.82, 2.24) is 24.6 Å². The van der Waals surface area contributed by atoms with Gasteiger partial charge in [-0.15, -0.1) is 0 Å². The normalized spacial score (nSPS) is 16.0. The van der Waals surface area contributed by atoms with Crippen LogP contribution >= 0.6 is 0 Å². The summed E-state index contributed by atoms with van der Waals surface area (Å²) in [4.78, 5) is 19.4. The lowest BCUT2D eigenvalue weighted by atomic mass is 9.93. The van der Waals surface area contributed by atoms with E-state index >= 15 is 4.39 Å². The van der Waals surface area contributed by atoms with E-state index in [9.17, 15) is 4.79 Å². The van der Waals surface area contributed by atoms with E-state index in [2.05, 4.69) is 25.5 Å². The van der Waals surface area contributed by atoms with Crippen LogP contribution in [0.3, 0.4) is 0 Å². The summed E-state index contributed by atoms with van der Waals surface area (Å²) in [7, 11) is 1.62. The fraction of sp³-hybridized carbons (Fsp3) is 0.391. The number of carbonyl (C=O) groups excluding carboxylic acids is 1. The van der Waals surface area contributed by atoms with Gasteiger partial charge in [-0.25, -0.2) is 9.37 Å². The van der Waals surface area contributed by atoms with Crippen molar-refractivity contribution < 1.29 is 13.9 Å². The summed E-state index contributed by atoms with van der Waals surface area (Å²) in [5.41, 5.74) is 3.49. The molecule has 166 valence electrons. The Labute approximate surface area is 184 Å². The molecule has 1 atom stereocenters. The molecule has 0 aliphatic heterocycles. The van der Waals surface area contributed by atoms with E-state index < -0.39 is 0 Å². The molecule has 9 heteroatoms. The number of aromatic amines is 1. The lowest BCUT2D eigenvalue weighted by Crippen LogP contribution is -2.10. The Kier molecular flexibility index (Phi) is 5.34. The van der Waals surface area contributed by atoms with Gasteiger partial charge in [-0.1, -0.05) is 19.3 Å². The van der Waals surface area contributed by atoms with Crippen LogP contribution in [0.15, 0.2) is 24.8 Å². The standard InChI is InChI=1S/C20H19FN6O2.C3H6/c1-10-16(13-7-27-8-14(23-9-28)25-15(27)6-22-13)12-5-24-26-19(12)17(18(10)21)20(29-2)11-3-4-11;1-2-3-1/h5-9,11,20H,3-4H2,1-2H3,(H,23,28)(H,24,26);1-3H2. The summed E-state index contributed by atoms with van der Waals surface area (Å²) in [6.45, 7) is 1.75. The molecule has 2 fully saturated rings. The Morgan fingerprint density at radius 1 is 1.28 bits per heavy atom. The van der Waals surface area contributed by atoms with Gasteiger partial charge in [0.2, 0.25) is 6.41 Å². The van der Waals surface area contributed by atoms with E-state index in [1.165, 1.54) is 19.3 Å². The number of benzene rings is 1. The quantitative estimate of drug-likeness (QED) is 0.432. The van der Waals surface area contributed by atoms with Gasteiger partial charge in [-0.3, -0.25) is 14.9 Å². The van der Waals surface area contributed by atoms with Crippen LogP contribution in [0.25, 0.3) is 27.8 Å². The molecule has 1 aromatic carbocycles. The summed E-state index contributed by atoms with van der Waals surface area (Å²) in [6, 6.07) is 0. The third-order valence-electron chi connectivity index (χ3n) is 5.87. The predicted octanol–water partition coefficient (Wildman–Crippen LogP) is 4.56. The fourth-order valence-electron chi connectivity index (χ4n) is 4.00. The number of imidazole rings is 1. The molecule has 0 saturated heterocycles. The monoisotopic (exact) mass is 436 g/mol. The van der Waals surface area contributed by atoms with Gasteiger partial charge in [0.1, 0.15) is 5.82 Å². The maximum Gasteiger partial charge on any atom is 0.212 e. The summed E-state index contributed by atoms with van der Waals surface area (Å²) in [5.74, 6) is 0.444. The van der Waals surface area contributed by atoms with Crippen LogP contribution in [0.1, 0.15) is 49.3 Å². The Hall–Kier alpha value is -3.33. The van der Waals surface area contributed by atoms with E-state index in [1.54, 1.807) is 43.2 Å². The first-order valence-corrected chi connectivity index (χ1v) is 10.9. The minimum absolute atomic E-state index is 0.299. The second-order valence-electron chi connectivity index (χ2n) is 8.37. The number of H-pyrrole nitrogens is 1. The van der Waals surface area contributed by atoms with Crippen LogP contribution in [-0.2, 0) is 9.53 Å². The molecule has 32 heavy (non-hydrogen) atoms. The molecule has 6 rings (SSSR count). The van der Waals surface area contributed by atoms with Crippen molar-refractivity contribution in [1.29, 1.82) is 0 Å². The van der Waals surface area contributed by atoms with Gasteiger partial charge >= 0.3 is 0 Å². The van der Waals surface area contributed by atoms with Gasteiger partial charge in [0.05, 0.1) is 35.9 Å². The molecule has 2 aliphatic carbocycles. The molecule has 1 unspecified atom stereocenters. The van der Waals surface area contributed by atoms with Crippen LogP contribution in [-0.4, -0.2) is 38.1 Å². The summed E-state index contributed by atoms with van der Waals surface area (Å²) >= 11 is 0. The van der Waals surface area contributed by atoms with Crippen LogP contribution < -0.4 is 5.32 Å². The molecule has 3 heterocycles. The van der Waals surface area contributed by atoms with Crippen LogP contribution in [0.2, 0.25) is 0 Å². The number of anilines is 1. The second kappa shape index (κ2) is 8.31. The van der Waals surface area contributed by atoms with Crippen LogP contribution in [0.4, 0.5) is 10.2 Å². The lowest BCUT2D eigenvalue weighted by Gasteiger charge is -2.20. The number of nitrogens with zero attached hydrogens (tertiary/aromatic N) is 4. The Morgan fingerprint density at radius 2 is 2.06 bits per heavy atom. The Bertz CT molecular complexity index is 1290. The van der Waals surface area contributed by atoms with Crippen LogP contribution in [0, 0.1) is 18.7 Å². The molecule has 8 nitrogen and oxygen atoms in total.